The molecule has 0 fully saturated rings. The lowest BCUT2D eigenvalue weighted by Gasteiger charge is -1.94. The third-order valence-electron chi connectivity index (χ3n) is 1.55. The molecule has 0 amide bonds. The van der Waals surface area contributed by atoms with Gasteiger partial charge in [0, 0.05) is 3.57 Å². The highest BCUT2D eigenvalue weighted by Crippen LogP contribution is 2.13. The maximum Gasteiger partial charge on any atom is 0.347 e. The van der Waals surface area contributed by atoms with E-state index in [-0.39, 0.29) is 5.63 Å². The van der Waals surface area contributed by atoms with E-state index in [4.69, 9.17) is 0 Å². The lowest BCUT2D eigenvalue weighted by atomic mass is 10.2. The summed E-state index contributed by atoms with van der Waals surface area (Å²) in [7, 11) is 0. The summed E-state index contributed by atoms with van der Waals surface area (Å²) in [6, 6.07) is 5.49. The van der Waals surface area contributed by atoms with Crippen molar-refractivity contribution in [1.82, 2.24) is 4.98 Å². The quantitative estimate of drug-likeness (QED) is 0.687. The zero-order valence-corrected chi connectivity index (χ0v) is 8.11. The molecule has 60 valence electrons. The lowest BCUT2D eigenvalue weighted by molar-refractivity contribution is 0.501. The first-order valence-corrected chi connectivity index (χ1v) is 4.39. The van der Waals surface area contributed by atoms with E-state index in [0.717, 1.165) is 3.57 Å². The second-order valence-corrected chi connectivity index (χ2v) is 3.44. The van der Waals surface area contributed by atoms with Crippen LogP contribution < -0.4 is 5.63 Å². The fourth-order valence-corrected chi connectivity index (χ4v) is 1.72. The predicted molar refractivity (Wildman–Crippen MR) is 53.0 cm³/mol. The van der Waals surface area contributed by atoms with E-state index in [0.29, 0.717) is 10.9 Å². The Hall–Kier alpha value is -0.910. The second kappa shape index (κ2) is 2.85. The van der Waals surface area contributed by atoms with Crippen LogP contribution in [0.4, 0.5) is 0 Å². The average Bonchev–Trinajstić information content (AvgIpc) is 2.04. The number of fused-ring (bicyclic) bond motifs is 1. The van der Waals surface area contributed by atoms with Crippen LogP contribution in [-0.4, -0.2) is 4.98 Å². The smallest absolute Gasteiger partial charge is 0.347 e. The minimum atomic E-state index is -0.329. The fourth-order valence-electron chi connectivity index (χ4n) is 1.01. The normalized spacial score (nSPS) is 10.4. The van der Waals surface area contributed by atoms with Crippen LogP contribution in [0.2, 0.25) is 0 Å². The molecule has 0 bridgehead atoms. The van der Waals surface area contributed by atoms with Gasteiger partial charge in [-0.25, -0.2) is 9.78 Å². The van der Waals surface area contributed by atoms with Gasteiger partial charge in [0.25, 0.3) is 0 Å². The van der Waals surface area contributed by atoms with Crippen molar-refractivity contribution in [3.8, 4) is 0 Å². The van der Waals surface area contributed by atoms with Crippen molar-refractivity contribution < 1.29 is 4.42 Å². The Morgan fingerprint density at radius 2 is 2.25 bits per heavy atom. The van der Waals surface area contributed by atoms with Gasteiger partial charge in [-0.1, -0.05) is 6.07 Å². The van der Waals surface area contributed by atoms with Crippen molar-refractivity contribution in [2.75, 3.05) is 0 Å². The Morgan fingerprint density at radius 1 is 1.42 bits per heavy atom. The molecule has 0 aliphatic carbocycles. The first-order valence-electron chi connectivity index (χ1n) is 3.31. The molecule has 0 N–H and O–H groups in total. The molecule has 3 nitrogen and oxygen atoms in total. The van der Waals surface area contributed by atoms with Crippen LogP contribution in [0, 0.1) is 3.57 Å². The Kier molecular flexibility index (Phi) is 1.84. The van der Waals surface area contributed by atoms with Crippen LogP contribution in [-0.2, 0) is 0 Å². The molecule has 0 spiro atoms. The summed E-state index contributed by atoms with van der Waals surface area (Å²) in [4.78, 5) is 15.1. The molecule has 0 atom stereocenters. The third-order valence-corrected chi connectivity index (χ3v) is 2.45. The molecular formula is C8H4INO2. The molecule has 1 aromatic heterocycles. The molecule has 0 aliphatic rings. The Labute approximate surface area is 81.6 Å². The predicted octanol–water partition coefficient (Wildman–Crippen LogP) is 1.79. The van der Waals surface area contributed by atoms with Gasteiger partial charge in [0.2, 0.25) is 0 Å². The number of hydrogen-bond donors (Lipinski definition) is 0. The maximum absolute atomic E-state index is 11.2. The van der Waals surface area contributed by atoms with Crippen molar-refractivity contribution in [3.05, 3.63) is 38.6 Å². The highest BCUT2D eigenvalue weighted by Gasteiger charge is 2.03. The van der Waals surface area contributed by atoms with Crippen LogP contribution in [0.15, 0.2) is 33.8 Å². The zero-order valence-electron chi connectivity index (χ0n) is 5.95. The van der Waals surface area contributed by atoms with E-state index in [1.54, 1.807) is 6.07 Å². The summed E-state index contributed by atoms with van der Waals surface area (Å²) in [5.41, 5.74) is 0.350. The molecule has 1 heterocycles. The van der Waals surface area contributed by atoms with Crippen molar-refractivity contribution in [2.45, 2.75) is 0 Å². The van der Waals surface area contributed by atoms with Crippen LogP contribution in [0.25, 0.3) is 10.9 Å². The number of halogens is 1. The average molecular weight is 273 g/mol. The van der Waals surface area contributed by atoms with Gasteiger partial charge in [0.1, 0.15) is 0 Å². The fraction of sp³-hybridized carbons (Fsp3) is 0. The lowest BCUT2D eigenvalue weighted by Crippen LogP contribution is -2.01. The van der Waals surface area contributed by atoms with Gasteiger partial charge in [-0.2, -0.15) is 0 Å². The number of hydrogen-bond acceptors (Lipinski definition) is 3. The van der Waals surface area contributed by atoms with Gasteiger partial charge in [0.15, 0.2) is 6.39 Å². The molecule has 1 aromatic carbocycles. The zero-order chi connectivity index (χ0) is 8.55. The standard InChI is InChI=1S/C8H4INO2/c9-5-2-1-3-6-7(5)8(11)12-4-10-6/h1-4H. The number of nitrogens with zero attached hydrogens (tertiary/aromatic N) is 1. The van der Waals surface area contributed by atoms with Gasteiger partial charge in [-0.15, -0.1) is 0 Å². The van der Waals surface area contributed by atoms with Crippen LogP contribution >= 0.6 is 22.6 Å². The van der Waals surface area contributed by atoms with Crippen LogP contribution in [0.3, 0.4) is 0 Å². The van der Waals surface area contributed by atoms with Crippen LogP contribution in [0.5, 0.6) is 0 Å². The molecule has 0 saturated carbocycles. The molecule has 0 saturated heterocycles. The molecule has 2 rings (SSSR count). The largest absolute Gasteiger partial charge is 0.411 e. The van der Waals surface area contributed by atoms with E-state index in [1.807, 2.05) is 12.1 Å². The van der Waals surface area contributed by atoms with Gasteiger partial charge in [-0.05, 0) is 34.7 Å². The molecule has 0 aliphatic heterocycles. The summed E-state index contributed by atoms with van der Waals surface area (Å²) in [5.74, 6) is 0. The molecule has 2 aromatic rings. The van der Waals surface area contributed by atoms with E-state index < -0.39 is 0 Å². The molecule has 4 heteroatoms. The summed E-state index contributed by atoms with van der Waals surface area (Å²) in [6.07, 6.45) is 1.17. The first kappa shape index (κ1) is 7.72. The highest BCUT2D eigenvalue weighted by molar-refractivity contribution is 14.1. The van der Waals surface area contributed by atoms with Crippen molar-refractivity contribution in [1.29, 1.82) is 0 Å². The van der Waals surface area contributed by atoms with Crippen molar-refractivity contribution in [3.63, 3.8) is 0 Å². The minimum absolute atomic E-state index is 0.329. The molecule has 12 heavy (non-hydrogen) atoms. The van der Waals surface area contributed by atoms with Gasteiger partial charge in [-0.3, -0.25) is 0 Å². The van der Waals surface area contributed by atoms with Gasteiger partial charge in [0.05, 0.1) is 10.9 Å². The topological polar surface area (TPSA) is 43.1 Å². The highest BCUT2D eigenvalue weighted by atomic mass is 127. The Bertz CT molecular complexity index is 472. The van der Waals surface area contributed by atoms with E-state index in [9.17, 15) is 4.79 Å². The van der Waals surface area contributed by atoms with E-state index in [1.165, 1.54) is 6.39 Å². The number of benzene rings is 1. The van der Waals surface area contributed by atoms with Gasteiger partial charge >= 0.3 is 5.63 Å². The SMILES string of the molecule is O=c1ocnc2cccc(I)c12. The first-order chi connectivity index (χ1) is 5.79. The summed E-state index contributed by atoms with van der Waals surface area (Å²) >= 11 is 2.08. The minimum Gasteiger partial charge on any atom is -0.411 e. The van der Waals surface area contributed by atoms with E-state index in [2.05, 4.69) is 32.0 Å². The van der Waals surface area contributed by atoms with E-state index >= 15 is 0 Å². The molecule has 0 unspecified atom stereocenters. The molecular weight excluding hydrogens is 269 g/mol. The second-order valence-electron chi connectivity index (χ2n) is 2.27. The third kappa shape index (κ3) is 1.12. The van der Waals surface area contributed by atoms with Gasteiger partial charge < -0.3 is 4.42 Å². The Balaban J connectivity index is 3.07. The monoisotopic (exact) mass is 273 g/mol. The summed E-state index contributed by atoms with van der Waals surface area (Å²) in [5, 5.41) is 0.556. The number of aromatic nitrogens is 1. The summed E-state index contributed by atoms with van der Waals surface area (Å²) < 4.78 is 5.52. The maximum atomic E-state index is 11.2. The Morgan fingerprint density at radius 3 is 3.00 bits per heavy atom. The van der Waals surface area contributed by atoms with Crippen molar-refractivity contribution in [2.24, 2.45) is 0 Å². The van der Waals surface area contributed by atoms with Crippen molar-refractivity contribution >= 4 is 33.5 Å². The molecule has 0 radical (unpaired) electrons. The summed E-state index contributed by atoms with van der Waals surface area (Å²) in [6.45, 7) is 0. The van der Waals surface area contributed by atoms with Crippen LogP contribution in [0.1, 0.15) is 0 Å². The number of rotatable bonds is 0.